The Morgan fingerprint density at radius 3 is 2.43 bits per heavy atom. The summed E-state index contributed by atoms with van der Waals surface area (Å²) < 4.78 is 15.6. The third-order valence-electron chi connectivity index (χ3n) is 3.25. The number of nitrogens with one attached hydrogen (secondary N) is 1. The predicted octanol–water partition coefficient (Wildman–Crippen LogP) is 3.55. The molecule has 0 aliphatic rings. The van der Waals surface area contributed by atoms with Crippen molar-refractivity contribution in [2.75, 3.05) is 26.6 Å². The van der Waals surface area contributed by atoms with Crippen LogP contribution in [-0.2, 0) is 11.2 Å². The van der Waals surface area contributed by atoms with Crippen LogP contribution < -0.4 is 19.5 Å². The summed E-state index contributed by atoms with van der Waals surface area (Å²) >= 11 is 6.05. The van der Waals surface area contributed by atoms with Crippen LogP contribution in [0.3, 0.4) is 0 Å². The van der Waals surface area contributed by atoms with Gasteiger partial charge in [0.05, 0.1) is 38.5 Å². The van der Waals surface area contributed by atoms with Gasteiger partial charge in [0.15, 0.2) is 0 Å². The maximum Gasteiger partial charge on any atom is 0.228 e. The standard InChI is InChI=1S/C17H18ClNO4/c1-21-12-6-4-5-11(7-12)8-17(20)19-14-10-15(22-2)13(18)9-16(14)23-3/h4-7,9-10H,8H2,1-3H3,(H,19,20). The number of halogens is 1. The van der Waals surface area contributed by atoms with E-state index in [4.69, 9.17) is 25.8 Å². The second kappa shape index (κ2) is 7.74. The normalized spacial score (nSPS) is 10.1. The molecule has 0 unspecified atom stereocenters. The lowest BCUT2D eigenvalue weighted by Gasteiger charge is -2.13. The van der Waals surface area contributed by atoms with E-state index in [0.717, 1.165) is 5.56 Å². The van der Waals surface area contributed by atoms with Gasteiger partial charge in [-0.2, -0.15) is 0 Å². The van der Waals surface area contributed by atoms with Crippen LogP contribution in [0.15, 0.2) is 36.4 Å². The summed E-state index contributed by atoms with van der Waals surface area (Å²) in [7, 11) is 4.61. The Hall–Kier alpha value is -2.40. The Bertz CT molecular complexity index is 703. The molecule has 0 atom stereocenters. The topological polar surface area (TPSA) is 56.8 Å². The van der Waals surface area contributed by atoms with Gasteiger partial charge in [-0.15, -0.1) is 0 Å². The lowest BCUT2D eigenvalue weighted by Crippen LogP contribution is -2.15. The van der Waals surface area contributed by atoms with E-state index in [1.165, 1.54) is 14.2 Å². The van der Waals surface area contributed by atoms with E-state index in [0.29, 0.717) is 28.0 Å². The first-order valence-electron chi connectivity index (χ1n) is 6.91. The number of carbonyl (C=O) groups is 1. The number of carbonyl (C=O) groups excluding carboxylic acids is 1. The van der Waals surface area contributed by atoms with Gasteiger partial charge in [0.2, 0.25) is 5.91 Å². The lowest BCUT2D eigenvalue weighted by molar-refractivity contribution is -0.115. The maximum absolute atomic E-state index is 12.3. The zero-order chi connectivity index (χ0) is 16.8. The Morgan fingerprint density at radius 2 is 1.78 bits per heavy atom. The molecule has 122 valence electrons. The van der Waals surface area contributed by atoms with Gasteiger partial charge < -0.3 is 19.5 Å². The van der Waals surface area contributed by atoms with Gasteiger partial charge in [0.25, 0.3) is 0 Å². The molecule has 0 aliphatic carbocycles. The highest BCUT2D eigenvalue weighted by molar-refractivity contribution is 6.32. The number of methoxy groups -OCH3 is 3. The molecule has 2 aromatic rings. The Balaban J connectivity index is 2.16. The van der Waals surface area contributed by atoms with Crippen molar-refractivity contribution >= 4 is 23.2 Å². The molecule has 0 fully saturated rings. The van der Waals surface area contributed by atoms with Gasteiger partial charge in [-0.1, -0.05) is 23.7 Å². The largest absolute Gasteiger partial charge is 0.497 e. The zero-order valence-corrected chi connectivity index (χ0v) is 13.9. The van der Waals surface area contributed by atoms with E-state index >= 15 is 0 Å². The van der Waals surface area contributed by atoms with Crippen LogP contribution in [0.25, 0.3) is 0 Å². The predicted molar refractivity (Wildman–Crippen MR) is 89.9 cm³/mol. The highest BCUT2D eigenvalue weighted by Gasteiger charge is 2.13. The molecule has 5 nitrogen and oxygen atoms in total. The van der Waals surface area contributed by atoms with Gasteiger partial charge in [-0.3, -0.25) is 4.79 Å². The molecule has 0 saturated heterocycles. The molecule has 6 heteroatoms. The summed E-state index contributed by atoms with van der Waals surface area (Å²) in [4.78, 5) is 12.3. The minimum absolute atomic E-state index is 0.180. The van der Waals surface area contributed by atoms with E-state index in [1.54, 1.807) is 19.2 Å². The molecule has 1 N–H and O–H groups in total. The number of anilines is 1. The molecular weight excluding hydrogens is 318 g/mol. The molecule has 1 amide bonds. The van der Waals surface area contributed by atoms with Crippen molar-refractivity contribution in [3.63, 3.8) is 0 Å². The summed E-state index contributed by atoms with van der Waals surface area (Å²) in [5, 5.41) is 3.22. The molecule has 0 saturated carbocycles. The first kappa shape index (κ1) is 17.0. The monoisotopic (exact) mass is 335 g/mol. The van der Waals surface area contributed by atoms with Crippen molar-refractivity contribution in [1.29, 1.82) is 0 Å². The Morgan fingerprint density at radius 1 is 1.04 bits per heavy atom. The second-order valence-corrected chi connectivity index (χ2v) is 5.17. The third kappa shape index (κ3) is 4.29. The molecule has 0 radical (unpaired) electrons. The maximum atomic E-state index is 12.3. The van der Waals surface area contributed by atoms with Gasteiger partial charge in [0.1, 0.15) is 17.2 Å². The van der Waals surface area contributed by atoms with Crippen molar-refractivity contribution in [2.24, 2.45) is 0 Å². The minimum Gasteiger partial charge on any atom is -0.497 e. The van der Waals surface area contributed by atoms with Gasteiger partial charge >= 0.3 is 0 Å². The van der Waals surface area contributed by atoms with Crippen molar-refractivity contribution in [2.45, 2.75) is 6.42 Å². The minimum atomic E-state index is -0.180. The fraction of sp³-hybridized carbons (Fsp3) is 0.235. The van der Waals surface area contributed by atoms with Gasteiger partial charge in [-0.25, -0.2) is 0 Å². The quantitative estimate of drug-likeness (QED) is 0.877. The summed E-state index contributed by atoms with van der Waals surface area (Å²) in [6.07, 6.45) is 0.214. The van der Waals surface area contributed by atoms with Crippen LogP contribution >= 0.6 is 11.6 Å². The van der Waals surface area contributed by atoms with Gasteiger partial charge in [0, 0.05) is 12.1 Å². The van der Waals surface area contributed by atoms with E-state index in [9.17, 15) is 4.79 Å². The fourth-order valence-corrected chi connectivity index (χ4v) is 2.35. The van der Waals surface area contributed by atoms with Gasteiger partial charge in [-0.05, 0) is 17.7 Å². The first-order chi connectivity index (χ1) is 11.1. The van der Waals surface area contributed by atoms with Crippen molar-refractivity contribution in [3.8, 4) is 17.2 Å². The van der Waals surface area contributed by atoms with Crippen molar-refractivity contribution in [1.82, 2.24) is 0 Å². The molecule has 0 spiro atoms. The first-order valence-corrected chi connectivity index (χ1v) is 7.29. The SMILES string of the molecule is COc1cccc(CC(=O)Nc2cc(OC)c(Cl)cc2OC)c1. The van der Waals surface area contributed by atoms with Crippen LogP contribution in [-0.4, -0.2) is 27.2 Å². The van der Waals surface area contributed by atoms with Crippen molar-refractivity contribution in [3.05, 3.63) is 47.0 Å². The molecule has 2 rings (SSSR count). The average Bonchev–Trinajstić information content (AvgIpc) is 2.56. The molecule has 2 aromatic carbocycles. The number of rotatable bonds is 6. The Labute approximate surface area is 140 Å². The summed E-state index contributed by atoms with van der Waals surface area (Å²) in [6, 6.07) is 10.6. The average molecular weight is 336 g/mol. The molecular formula is C17H18ClNO4. The Kier molecular flexibility index (Phi) is 5.71. The molecule has 0 heterocycles. The fourth-order valence-electron chi connectivity index (χ4n) is 2.12. The zero-order valence-electron chi connectivity index (χ0n) is 13.2. The number of benzene rings is 2. The van der Waals surface area contributed by atoms with E-state index < -0.39 is 0 Å². The molecule has 0 aromatic heterocycles. The smallest absolute Gasteiger partial charge is 0.228 e. The highest BCUT2D eigenvalue weighted by Crippen LogP contribution is 2.35. The highest BCUT2D eigenvalue weighted by atomic mass is 35.5. The number of hydrogen-bond donors (Lipinski definition) is 1. The number of hydrogen-bond acceptors (Lipinski definition) is 4. The van der Waals surface area contributed by atoms with Crippen LogP contribution in [0.1, 0.15) is 5.56 Å². The van der Waals surface area contributed by atoms with E-state index in [2.05, 4.69) is 5.32 Å². The summed E-state index contributed by atoms with van der Waals surface area (Å²) in [6.45, 7) is 0. The van der Waals surface area contributed by atoms with E-state index in [-0.39, 0.29) is 12.3 Å². The van der Waals surface area contributed by atoms with E-state index in [1.807, 2.05) is 24.3 Å². The second-order valence-electron chi connectivity index (χ2n) is 4.76. The summed E-state index contributed by atoms with van der Waals surface area (Å²) in [5.74, 6) is 1.46. The third-order valence-corrected chi connectivity index (χ3v) is 3.54. The van der Waals surface area contributed by atoms with Crippen LogP contribution in [0.5, 0.6) is 17.2 Å². The van der Waals surface area contributed by atoms with Crippen LogP contribution in [0.2, 0.25) is 5.02 Å². The molecule has 0 bridgehead atoms. The van der Waals surface area contributed by atoms with Crippen LogP contribution in [0.4, 0.5) is 5.69 Å². The van der Waals surface area contributed by atoms with Crippen LogP contribution in [0, 0.1) is 0 Å². The van der Waals surface area contributed by atoms with Crippen molar-refractivity contribution < 1.29 is 19.0 Å². The number of ether oxygens (including phenoxy) is 3. The molecule has 23 heavy (non-hydrogen) atoms. The number of amides is 1. The molecule has 0 aliphatic heterocycles. The lowest BCUT2D eigenvalue weighted by atomic mass is 10.1. The summed E-state index contributed by atoms with van der Waals surface area (Å²) in [5.41, 5.74) is 1.35.